The van der Waals surface area contributed by atoms with Crippen LogP contribution in [0.5, 0.6) is 0 Å². The van der Waals surface area contributed by atoms with Crippen LogP contribution in [0, 0.1) is 22.0 Å². The number of nitrogens with one attached hydrogen (secondary N) is 1. The first kappa shape index (κ1) is 13.5. The summed E-state index contributed by atoms with van der Waals surface area (Å²) < 4.78 is 27.3. The van der Waals surface area contributed by atoms with Gasteiger partial charge in [0.2, 0.25) is 10.0 Å². The molecule has 20 heavy (non-hydrogen) atoms. The molecule has 0 heterocycles. The normalized spacial score (nSPS) is 28.7. The van der Waals surface area contributed by atoms with Gasteiger partial charge in [0.05, 0.1) is 9.82 Å². The summed E-state index contributed by atoms with van der Waals surface area (Å²) in [7, 11) is -3.58. The molecule has 3 atom stereocenters. The van der Waals surface area contributed by atoms with Crippen LogP contribution in [0.25, 0.3) is 0 Å². The van der Waals surface area contributed by atoms with Crippen LogP contribution in [-0.4, -0.2) is 19.4 Å². The molecule has 0 amide bonds. The van der Waals surface area contributed by atoms with Crippen LogP contribution in [0.3, 0.4) is 0 Å². The summed E-state index contributed by atoms with van der Waals surface area (Å²) in [5.41, 5.74) is -0.108. The highest BCUT2D eigenvalue weighted by atomic mass is 32.2. The fourth-order valence-corrected chi connectivity index (χ4v) is 4.72. The zero-order valence-electron chi connectivity index (χ0n) is 10.9. The molecule has 3 rings (SSSR count). The Bertz CT molecular complexity index is 626. The highest BCUT2D eigenvalue weighted by molar-refractivity contribution is 7.89. The SMILES string of the molecule is O=[N+]([O-])c1ccc(S(=O)(=O)N[C@H]2C[C@H]3CC[C@@H]2C3)cc1. The molecule has 2 aliphatic rings. The van der Waals surface area contributed by atoms with Crippen LogP contribution in [0.15, 0.2) is 29.2 Å². The van der Waals surface area contributed by atoms with Crippen molar-refractivity contribution in [2.24, 2.45) is 11.8 Å². The van der Waals surface area contributed by atoms with E-state index in [2.05, 4.69) is 4.72 Å². The van der Waals surface area contributed by atoms with Gasteiger partial charge >= 0.3 is 0 Å². The van der Waals surface area contributed by atoms with Crippen molar-refractivity contribution >= 4 is 15.7 Å². The molecule has 1 aromatic rings. The fraction of sp³-hybridized carbons (Fsp3) is 0.538. The minimum atomic E-state index is -3.58. The molecule has 0 radical (unpaired) electrons. The number of fused-ring (bicyclic) bond motifs is 2. The maximum Gasteiger partial charge on any atom is 0.269 e. The maximum atomic E-state index is 12.3. The second-order valence-corrected chi connectivity index (χ2v) is 7.37. The first-order valence-corrected chi connectivity index (χ1v) is 8.21. The number of hydrogen-bond acceptors (Lipinski definition) is 4. The number of rotatable bonds is 4. The quantitative estimate of drug-likeness (QED) is 0.680. The molecule has 6 nitrogen and oxygen atoms in total. The molecular weight excluding hydrogens is 280 g/mol. The van der Waals surface area contributed by atoms with E-state index in [4.69, 9.17) is 0 Å². The van der Waals surface area contributed by atoms with E-state index in [-0.39, 0.29) is 16.6 Å². The standard InChI is InChI=1S/C13H16N2O4S/c16-15(17)11-3-5-12(6-4-11)20(18,19)14-13-8-9-1-2-10(13)7-9/h3-6,9-10,13-14H,1-2,7-8H2/t9-,10+,13-/m0/s1. The van der Waals surface area contributed by atoms with Crippen LogP contribution < -0.4 is 4.72 Å². The number of nitro benzene ring substituents is 1. The number of nitrogens with zero attached hydrogens (tertiary/aromatic N) is 1. The molecule has 2 saturated carbocycles. The Morgan fingerprint density at radius 3 is 2.35 bits per heavy atom. The molecule has 2 aliphatic carbocycles. The number of nitro groups is 1. The number of sulfonamides is 1. The third-order valence-electron chi connectivity index (χ3n) is 4.40. The van der Waals surface area contributed by atoms with E-state index in [1.54, 1.807) is 0 Å². The molecular formula is C13H16N2O4S. The van der Waals surface area contributed by atoms with Crippen LogP contribution in [0.4, 0.5) is 5.69 Å². The first-order valence-electron chi connectivity index (χ1n) is 6.72. The zero-order valence-corrected chi connectivity index (χ0v) is 11.7. The Hall–Kier alpha value is -1.47. The van der Waals surface area contributed by atoms with Gasteiger partial charge in [-0.1, -0.05) is 6.42 Å². The van der Waals surface area contributed by atoms with Crippen molar-refractivity contribution in [3.8, 4) is 0 Å². The van der Waals surface area contributed by atoms with Gasteiger partial charge in [0.15, 0.2) is 0 Å². The van der Waals surface area contributed by atoms with Crippen LogP contribution in [0.1, 0.15) is 25.7 Å². The lowest BCUT2D eigenvalue weighted by atomic mass is 9.96. The molecule has 0 aliphatic heterocycles. The van der Waals surface area contributed by atoms with Gasteiger partial charge in [-0.15, -0.1) is 0 Å². The number of benzene rings is 1. The average Bonchev–Trinajstić information content (AvgIpc) is 3.00. The predicted molar refractivity (Wildman–Crippen MR) is 72.7 cm³/mol. The van der Waals surface area contributed by atoms with Crippen molar-refractivity contribution < 1.29 is 13.3 Å². The van der Waals surface area contributed by atoms with Gasteiger partial charge in [0.25, 0.3) is 5.69 Å². The summed E-state index contributed by atoms with van der Waals surface area (Å²) in [5.74, 6) is 1.11. The Morgan fingerprint density at radius 2 is 1.85 bits per heavy atom. The van der Waals surface area contributed by atoms with Gasteiger partial charge in [0.1, 0.15) is 0 Å². The van der Waals surface area contributed by atoms with Gasteiger partial charge in [0, 0.05) is 18.2 Å². The Labute approximate surface area is 117 Å². The van der Waals surface area contributed by atoms with E-state index in [0.717, 1.165) is 19.3 Å². The highest BCUT2D eigenvalue weighted by Crippen LogP contribution is 2.44. The minimum absolute atomic E-state index is 0.0222. The molecule has 7 heteroatoms. The van der Waals surface area contributed by atoms with E-state index in [0.29, 0.717) is 11.8 Å². The summed E-state index contributed by atoms with van der Waals surface area (Å²) in [5, 5.41) is 10.6. The third kappa shape index (κ3) is 2.43. The second-order valence-electron chi connectivity index (χ2n) is 5.65. The molecule has 0 unspecified atom stereocenters. The van der Waals surface area contributed by atoms with Crippen molar-refractivity contribution in [2.45, 2.75) is 36.6 Å². The van der Waals surface area contributed by atoms with Gasteiger partial charge in [-0.25, -0.2) is 13.1 Å². The van der Waals surface area contributed by atoms with Crippen LogP contribution in [-0.2, 0) is 10.0 Å². The Morgan fingerprint density at radius 1 is 1.15 bits per heavy atom. The van der Waals surface area contributed by atoms with Crippen molar-refractivity contribution in [3.63, 3.8) is 0 Å². The highest BCUT2D eigenvalue weighted by Gasteiger charge is 2.41. The number of hydrogen-bond donors (Lipinski definition) is 1. The molecule has 1 N–H and O–H groups in total. The van der Waals surface area contributed by atoms with E-state index >= 15 is 0 Å². The molecule has 0 aromatic heterocycles. The number of non-ortho nitro benzene ring substituents is 1. The Kier molecular flexibility index (Phi) is 3.25. The monoisotopic (exact) mass is 296 g/mol. The molecule has 108 valence electrons. The summed E-state index contributed by atoms with van der Waals surface area (Å²) >= 11 is 0. The molecule has 2 fully saturated rings. The molecule has 1 aromatic carbocycles. The fourth-order valence-electron chi connectivity index (χ4n) is 3.40. The lowest BCUT2D eigenvalue weighted by Crippen LogP contribution is -2.38. The zero-order chi connectivity index (χ0) is 14.3. The summed E-state index contributed by atoms with van der Waals surface area (Å²) in [6.45, 7) is 0. The van der Waals surface area contributed by atoms with Crippen LogP contribution in [0.2, 0.25) is 0 Å². The van der Waals surface area contributed by atoms with E-state index < -0.39 is 14.9 Å². The third-order valence-corrected chi connectivity index (χ3v) is 5.91. The summed E-state index contributed by atoms with van der Waals surface area (Å²) in [4.78, 5) is 10.1. The van der Waals surface area contributed by atoms with Crippen molar-refractivity contribution in [1.82, 2.24) is 4.72 Å². The summed E-state index contributed by atoms with van der Waals surface area (Å²) in [6, 6.07) is 5.03. The molecule has 0 saturated heterocycles. The average molecular weight is 296 g/mol. The molecule has 0 spiro atoms. The topological polar surface area (TPSA) is 89.3 Å². The smallest absolute Gasteiger partial charge is 0.258 e. The lowest BCUT2D eigenvalue weighted by Gasteiger charge is -2.22. The van der Waals surface area contributed by atoms with Gasteiger partial charge in [-0.3, -0.25) is 10.1 Å². The minimum Gasteiger partial charge on any atom is -0.258 e. The van der Waals surface area contributed by atoms with Crippen molar-refractivity contribution in [2.75, 3.05) is 0 Å². The first-order chi connectivity index (χ1) is 9.45. The van der Waals surface area contributed by atoms with E-state index in [1.165, 1.54) is 30.7 Å². The largest absolute Gasteiger partial charge is 0.269 e. The van der Waals surface area contributed by atoms with Crippen molar-refractivity contribution in [3.05, 3.63) is 34.4 Å². The lowest BCUT2D eigenvalue weighted by molar-refractivity contribution is -0.384. The maximum absolute atomic E-state index is 12.3. The summed E-state index contributed by atoms with van der Waals surface area (Å²) in [6.07, 6.45) is 4.34. The van der Waals surface area contributed by atoms with E-state index in [1.807, 2.05) is 0 Å². The van der Waals surface area contributed by atoms with Gasteiger partial charge in [-0.2, -0.15) is 0 Å². The second kappa shape index (κ2) is 4.82. The van der Waals surface area contributed by atoms with Crippen LogP contribution >= 0.6 is 0 Å². The van der Waals surface area contributed by atoms with Gasteiger partial charge < -0.3 is 0 Å². The molecule has 2 bridgehead atoms. The van der Waals surface area contributed by atoms with Gasteiger partial charge in [-0.05, 0) is 43.2 Å². The predicted octanol–water partition coefficient (Wildman–Crippen LogP) is 2.06. The van der Waals surface area contributed by atoms with E-state index in [9.17, 15) is 18.5 Å². The van der Waals surface area contributed by atoms with Crippen molar-refractivity contribution in [1.29, 1.82) is 0 Å². The Balaban J connectivity index is 1.76.